The van der Waals surface area contributed by atoms with Crippen molar-refractivity contribution < 1.29 is 4.79 Å². The molecule has 2 fully saturated rings. The zero-order chi connectivity index (χ0) is 13.9. The van der Waals surface area contributed by atoms with E-state index in [-0.39, 0.29) is 5.91 Å². The predicted molar refractivity (Wildman–Crippen MR) is 79.7 cm³/mol. The topological polar surface area (TPSA) is 45.2 Å². The molecule has 108 valence electrons. The smallest absolute Gasteiger partial charge is 0.223 e. The molecule has 1 aromatic heterocycles. The number of aromatic nitrogens is 1. The van der Waals surface area contributed by atoms with E-state index < -0.39 is 0 Å². The molecular formula is C16H23N3O. The minimum absolute atomic E-state index is 0.281. The van der Waals surface area contributed by atoms with Gasteiger partial charge in [0.05, 0.1) is 0 Å². The quantitative estimate of drug-likeness (QED) is 0.919. The molecule has 1 saturated carbocycles. The first-order valence-corrected chi connectivity index (χ1v) is 7.71. The van der Waals surface area contributed by atoms with E-state index in [9.17, 15) is 4.79 Å². The Balaban J connectivity index is 1.50. The van der Waals surface area contributed by atoms with Crippen molar-refractivity contribution in [2.24, 2.45) is 5.92 Å². The molecule has 0 aromatic carbocycles. The van der Waals surface area contributed by atoms with Crippen LogP contribution in [0.1, 0.15) is 37.8 Å². The molecule has 0 atom stereocenters. The van der Waals surface area contributed by atoms with Crippen molar-refractivity contribution in [3.8, 4) is 0 Å². The van der Waals surface area contributed by atoms with Crippen LogP contribution >= 0.6 is 0 Å². The standard InChI is InChI=1S/C16H23N3O/c1-12-4-2-7-15(17-12)19-10-8-14(9-11-19)18-16(20)13-5-3-6-13/h2,4,7,13-14H,3,5-6,8-11H2,1H3,(H,18,20). The van der Waals surface area contributed by atoms with Crippen LogP contribution in [0.3, 0.4) is 0 Å². The fraction of sp³-hybridized carbons (Fsp3) is 0.625. The number of amides is 1. The fourth-order valence-corrected chi connectivity index (χ4v) is 2.95. The fourth-order valence-electron chi connectivity index (χ4n) is 2.95. The highest BCUT2D eigenvalue weighted by Crippen LogP contribution is 2.27. The largest absolute Gasteiger partial charge is 0.356 e. The molecule has 0 radical (unpaired) electrons. The maximum absolute atomic E-state index is 12.0. The van der Waals surface area contributed by atoms with Gasteiger partial charge in [-0.15, -0.1) is 0 Å². The van der Waals surface area contributed by atoms with Gasteiger partial charge in [-0.3, -0.25) is 4.79 Å². The van der Waals surface area contributed by atoms with Crippen LogP contribution < -0.4 is 10.2 Å². The summed E-state index contributed by atoms with van der Waals surface area (Å²) in [6.45, 7) is 3.98. The number of nitrogens with one attached hydrogen (secondary N) is 1. The Morgan fingerprint density at radius 2 is 2.00 bits per heavy atom. The number of hydrogen-bond donors (Lipinski definition) is 1. The third-order valence-corrected chi connectivity index (χ3v) is 4.51. The van der Waals surface area contributed by atoms with Crippen molar-refractivity contribution in [3.63, 3.8) is 0 Å². The van der Waals surface area contributed by atoms with E-state index in [2.05, 4.69) is 27.3 Å². The molecule has 2 aliphatic rings. The lowest BCUT2D eigenvalue weighted by atomic mass is 9.84. The number of aryl methyl sites for hydroxylation is 1. The zero-order valence-electron chi connectivity index (χ0n) is 12.1. The molecule has 1 aliphatic carbocycles. The average molecular weight is 273 g/mol. The van der Waals surface area contributed by atoms with Crippen molar-refractivity contribution in [2.45, 2.75) is 45.1 Å². The van der Waals surface area contributed by atoms with Gasteiger partial charge in [0.15, 0.2) is 0 Å². The highest BCUT2D eigenvalue weighted by atomic mass is 16.2. The number of carbonyl (C=O) groups excluding carboxylic acids is 1. The molecule has 2 heterocycles. The third-order valence-electron chi connectivity index (χ3n) is 4.51. The van der Waals surface area contributed by atoms with Crippen LogP contribution in [0.15, 0.2) is 18.2 Å². The molecule has 1 aromatic rings. The zero-order valence-corrected chi connectivity index (χ0v) is 12.1. The molecule has 4 heteroatoms. The molecule has 20 heavy (non-hydrogen) atoms. The van der Waals surface area contributed by atoms with Crippen LogP contribution in [0, 0.1) is 12.8 Å². The summed E-state index contributed by atoms with van der Waals surface area (Å²) in [6, 6.07) is 6.50. The number of piperidine rings is 1. The second kappa shape index (κ2) is 5.81. The predicted octanol–water partition coefficient (Wildman–Crippen LogP) is 2.28. The molecule has 1 saturated heterocycles. The summed E-state index contributed by atoms with van der Waals surface area (Å²) in [7, 11) is 0. The maximum Gasteiger partial charge on any atom is 0.223 e. The van der Waals surface area contributed by atoms with Gasteiger partial charge in [-0.05, 0) is 44.7 Å². The molecule has 0 unspecified atom stereocenters. The first kappa shape index (κ1) is 13.4. The van der Waals surface area contributed by atoms with Gasteiger partial charge in [0.2, 0.25) is 5.91 Å². The van der Waals surface area contributed by atoms with Crippen molar-refractivity contribution in [3.05, 3.63) is 23.9 Å². The molecule has 4 nitrogen and oxygen atoms in total. The lowest BCUT2D eigenvalue weighted by molar-refractivity contribution is -0.128. The van der Waals surface area contributed by atoms with E-state index in [1.54, 1.807) is 0 Å². The third kappa shape index (κ3) is 2.94. The Kier molecular flexibility index (Phi) is 3.90. The summed E-state index contributed by atoms with van der Waals surface area (Å²) < 4.78 is 0. The highest BCUT2D eigenvalue weighted by molar-refractivity contribution is 5.79. The molecule has 0 bridgehead atoms. The van der Waals surface area contributed by atoms with Gasteiger partial charge in [-0.25, -0.2) is 4.98 Å². The van der Waals surface area contributed by atoms with Crippen LogP contribution in [-0.4, -0.2) is 30.0 Å². The number of carbonyl (C=O) groups is 1. The van der Waals surface area contributed by atoms with Crippen molar-refractivity contribution >= 4 is 11.7 Å². The number of hydrogen-bond acceptors (Lipinski definition) is 3. The normalized spacial score (nSPS) is 20.6. The Morgan fingerprint density at radius 3 is 2.60 bits per heavy atom. The minimum atomic E-state index is 0.281. The Hall–Kier alpha value is -1.58. The minimum Gasteiger partial charge on any atom is -0.356 e. The van der Waals surface area contributed by atoms with Gasteiger partial charge in [-0.1, -0.05) is 12.5 Å². The summed E-state index contributed by atoms with van der Waals surface area (Å²) in [5.41, 5.74) is 1.06. The Morgan fingerprint density at radius 1 is 1.25 bits per heavy atom. The summed E-state index contributed by atoms with van der Waals surface area (Å²) >= 11 is 0. The van der Waals surface area contributed by atoms with E-state index in [1.807, 2.05) is 13.0 Å². The summed E-state index contributed by atoms with van der Waals surface area (Å²) in [6.07, 6.45) is 5.42. The van der Waals surface area contributed by atoms with E-state index in [0.29, 0.717) is 12.0 Å². The lowest BCUT2D eigenvalue weighted by Gasteiger charge is -2.34. The summed E-state index contributed by atoms with van der Waals surface area (Å²) in [5.74, 6) is 1.64. The molecule has 1 N–H and O–H groups in total. The van der Waals surface area contributed by atoms with Gasteiger partial charge in [0.1, 0.15) is 5.82 Å². The average Bonchev–Trinajstić information content (AvgIpc) is 2.37. The first-order chi connectivity index (χ1) is 9.72. The van der Waals surface area contributed by atoms with Crippen molar-refractivity contribution in [2.75, 3.05) is 18.0 Å². The van der Waals surface area contributed by atoms with Gasteiger partial charge < -0.3 is 10.2 Å². The molecule has 1 aliphatic heterocycles. The van der Waals surface area contributed by atoms with Crippen LogP contribution in [0.4, 0.5) is 5.82 Å². The number of anilines is 1. The van der Waals surface area contributed by atoms with Crippen molar-refractivity contribution in [1.29, 1.82) is 0 Å². The summed E-state index contributed by atoms with van der Waals surface area (Å²) in [4.78, 5) is 18.8. The molecule has 0 spiro atoms. The van der Waals surface area contributed by atoms with Gasteiger partial charge in [-0.2, -0.15) is 0 Å². The summed E-state index contributed by atoms with van der Waals surface area (Å²) in [5, 5.41) is 3.22. The first-order valence-electron chi connectivity index (χ1n) is 7.71. The van der Waals surface area contributed by atoms with E-state index in [4.69, 9.17) is 0 Å². The molecule has 3 rings (SSSR count). The van der Waals surface area contributed by atoms with Gasteiger partial charge in [0.25, 0.3) is 0 Å². The number of pyridine rings is 1. The van der Waals surface area contributed by atoms with Crippen LogP contribution in [-0.2, 0) is 4.79 Å². The molecular weight excluding hydrogens is 250 g/mol. The second-order valence-electron chi connectivity index (χ2n) is 6.03. The van der Waals surface area contributed by atoms with E-state index in [1.165, 1.54) is 6.42 Å². The van der Waals surface area contributed by atoms with E-state index in [0.717, 1.165) is 50.3 Å². The number of nitrogens with zero attached hydrogens (tertiary/aromatic N) is 2. The van der Waals surface area contributed by atoms with Gasteiger partial charge >= 0.3 is 0 Å². The maximum atomic E-state index is 12.0. The van der Waals surface area contributed by atoms with Gasteiger partial charge in [0, 0.05) is 30.7 Å². The SMILES string of the molecule is Cc1cccc(N2CCC(NC(=O)C3CCC3)CC2)n1. The second-order valence-corrected chi connectivity index (χ2v) is 6.03. The van der Waals surface area contributed by atoms with Crippen molar-refractivity contribution in [1.82, 2.24) is 10.3 Å². The van der Waals surface area contributed by atoms with Crippen LogP contribution in [0.2, 0.25) is 0 Å². The monoisotopic (exact) mass is 273 g/mol. The van der Waals surface area contributed by atoms with Crippen LogP contribution in [0.25, 0.3) is 0 Å². The van der Waals surface area contributed by atoms with E-state index >= 15 is 0 Å². The highest BCUT2D eigenvalue weighted by Gasteiger charge is 2.28. The number of rotatable bonds is 3. The molecule has 1 amide bonds. The van der Waals surface area contributed by atoms with Crippen LogP contribution in [0.5, 0.6) is 0 Å². The Labute approximate surface area is 120 Å². The lowest BCUT2D eigenvalue weighted by Crippen LogP contribution is -2.47. The Bertz CT molecular complexity index is 476.